The zero-order valence-electron chi connectivity index (χ0n) is 18.0. The van der Waals surface area contributed by atoms with Crippen molar-refractivity contribution in [2.75, 3.05) is 26.8 Å². The largest absolute Gasteiger partial charge is 0.465 e. The Morgan fingerprint density at radius 2 is 1.81 bits per heavy atom. The Morgan fingerprint density at radius 3 is 2.45 bits per heavy atom. The Bertz CT molecular complexity index is 965. The highest BCUT2D eigenvalue weighted by Gasteiger charge is 2.21. The van der Waals surface area contributed by atoms with Gasteiger partial charge in [-0.3, -0.25) is 10.2 Å². The summed E-state index contributed by atoms with van der Waals surface area (Å²) in [5, 5.41) is 7.66. The number of methoxy groups -OCH3 is 1. The molecule has 0 atom stereocenters. The first-order valence-electron chi connectivity index (χ1n) is 10.4. The molecule has 7 heteroatoms. The molecular formula is C24H29N3O4. The molecule has 164 valence electrons. The highest BCUT2D eigenvalue weighted by atomic mass is 16.5. The minimum absolute atomic E-state index is 0.00894. The van der Waals surface area contributed by atoms with E-state index < -0.39 is 5.97 Å². The van der Waals surface area contributed by atoms with Gasteiger partial charge in [-0.25, -0.2) is 4.79 Å². The number of likely N-dealkylation sites (tertiary alicyclic amines) is 1. The van der Waals surface area contributed by atoms with Crippen molar-refractivity contribution < 1.29 is 19.1 Å². The van der Waals surface area contributed by atoms with Crippen molar-refractivity contribution in [3.05, 3.63) is 59.2 Å². The van der Waals surface area contributed by atoms with Crippen LogP contribution in [-0.2, 0) is 20.9 Å². The van der Waals surface area contributed by atoms with Gasteiger partial charge in [0.05, 0.1) is 19.3 Å². The lowest BCUT2D eigenvalue weighted by Crippen LogP contribution is -2.38. The van der Waals surface area contributed by atoms with Crippen molar-refractivity contribution in [3.8, 4) is 11.1 Å². The maximum Gasteiger partial charge on any atom is 0.337 e. The van der Waals surface area contributed by atoms with Crippen LogP contribution in [0.25, 0.3) is 11.1 Å². The Balaban J connectivity index is 1.72. The van der Waals surface area contributed by atoms with Crippen LogP contribution in [-0.4, -0.2) is 49.4 Å². The summed E-state index contributed by atoms with van der Waals surface area (Å²) in [5.74, 6) is 0.124. The van der Waals surface area contributed by atoms with Gasteiger partial charge < -0.3 is 20.1 Å². The summed E-state index contributed by atoms with van der Waals surface area (Å²) in [5.41, 5.74) is 9.24. The fourth-order valence-corrected chi connectivity index (χ4v) is 3.80. The van der Waals surface area contributed by atoms with E-state index in [1.807, 2.05) is 29.2 Å². The minimum Gasteiger partial charge on any atom is -0.465 e. The maximum atomic E-state index is 12.2. The molecular weight excluding hydrogens is 394 g/mol. The third kappa shape index (κ3) is 5.92. The van der Waals surface area contributed by atoms with E-state index in [1.165, 1.54) is 7.11 Å². The molecule has 3 N–H and O–H groups in total. The lowest BCUT2D eigenvalue weighted by molar-refractivity contribution is -0.130. The molecule has 1 fully saturated rings. The monoisotopic (exact) mass is 423 g/mol. The molecule has 3 rings (SSSR count). The maximum absolute atomic E-state index is 12.2. The normalized spacial score (nSPS) is 14.3. The number of amides is 1. The molecule has 1 heterocycles. The molecule has 1 saturated heterocycles. The number of nitrogens with one attached hydrogen (secondary N) is 1. The number of rotatable bonds is 7. The number of esters is 1. The number of nitrogens with two attached hydrogens (primary N) is 1. The van der Waals surface area contributed by atoms with Crippen LogP contribution in [0.15, 0.2) is 42.5 Å². The topological polar surface area (TPSA) is 106 Å². The van der Waals surface area contributed by atoms with Crippen molar-refractivity contribution >= 4 is 17.7 Å². The van der Waals surface area contributed by atoms with Gasteiger partial charge in [0.25, 0.3) is 0 Å². The smallest absolute Gasteiger partial charge is 0.337 e. The van der Waals surface area contributed by atoms with Crippen LogP contribution in [0.4, 0.5) is 0 Å². The molecule has 1 aliphatic heterocycles. The number of ether oxygens (including phenoxy) is 2. The number of hydrogen-bond acceptors (Lipinski definition) is 5. The quantitative estimate of drug-likeness (QED) is 0.404. The number of piperidine rings is 1. The molecule has 0 unspecified atom stereocenters. The van der Waals surface area contributed by atoms with E-state index in [1.54, 1.807) is 25.1 Å². The SMILES string of the molecule is COC(=O)c1cc(COCC2CCN(C(C)=O)CC2)cc(-c2cccc(C(=N)N)c2)c1. The van der Waals surface area contributed by atoms with E-state index in [4.69, 9.17) is 20.6 Å². The third-order valence-corrected chi connectivity index (χ3v) is 5.60. The van der Waals surface area contributed by atoms with Gasteiger partial charge >= 0.3 is 5.97 Å². The van der Waals surface area contributed by atoms with Crippen LogP contribution >= 0.6 is 0 Å². The second-order valence-electron chi connectivity index (χ2n) is 7.87. The molecule has 0 bridgehead atoms. The molecule has 31 heavy (non-hydrogen) atoms. The number of amidine groups is 1. The number of carbonyl (C=O) groups excluding carboxylic acids is 2. The van der Waals surface area contributed by atoms with Crippen LogP contribution in [0.2, 0.25) is 0 Å². The molecule has 0 saturated carbocycles. The second kappa shape index (κ2) is 10.2. The first-order valence-corrected chi connectivity index (χ1v) is 10.4. The number of nitrogen functional groups attached to an aromatic ring is 1. The molecule has 1 amide bonds. The summed E-state index contributed by atoms with van der Waals surface area (Å²) in [6.45, 7) is 4.14. The average molecular weight is 424 g/mol. The fourth-order valence-electron chi connectivity index (χ4n) is 3.80. The zero-order valence-corrected chi connectivity index (χ0v) is 18.0. The number of benzene rings is 2. The van der Waals surface area contributed by atoms with E-state index in [0.29, 0.717) is 30.3 Å². The first-order chi connectivity index (χ1) is 14.9. The van der Waals surface area contributed by atoms with Gasteiger partial charge in [-0.1, -0.05) is 18.2 Å². The number of carbonyl (C=O) groups is 2. The molecule has 0 aliphatic carbocycles. The summed E-state index contributed by atoms with van der Waals surface area (Å²) in [7, 11) is 1.36. The molecule has 7 nitrogen and oxygen atoms in total. The number of nitrogens with zero attached hydrogens (tertiary/aromatic N) is 1. The Labute approximate surface area is 182 Å². The second-order valence-corrected chi connectivity index (χ2v) is 7.87. The first kappa shape index (κ1) is 22.5. The van der Waals surface area contributed by atoms with Gasteiger partial charge in [0, 0.05) is 32.2 Å². The lowest BCUT2D eigenvalue weighted by Gasteiger charge is -2.31. The predicted molar refractivity (Wildman–Crippen MR) is 119 cm³/mol. The Kier molecular flexibility index (Phi) is 7.41. The molecule has 0 spiro atoms. The third-order valence-electron chi connectivity index (χ3n) is 5.60. The van der Waals surface area contributed by atoms with Gasteiger partial charge in [-0.15, -0.1) is 0 Å². The van der Waals surface area contributed by atoms with Crippen molar-refractivity contribution in [2.45, 2.75) is 26.4 Å². The van der Waals surface area contributed by atoms with Crippen molar-refractivity contribution in [1.82, 2.24) is 4.90 Å². The summed E-state index contributed by atoms with van der Waals surface area (Å²) in [6, 6.07) is 12.9. The van der Waals surface area contributed by atoms with Gasteiger partial charge in [-0.2, -0.15) is 0 Å². The van der Waals surface area contributed by atoms with E-state index in [-0.39, 0.29) is 11.7 Å². The minimum atomic E-state index is -0.414. The van der Waals surface area contributed by atoms with E-state index in [2.05, 4.69) is 0 Å². The molecule has 2 aromatic rings. The van der Waals surface area contributed by atoms with Crippen LogP contribution in [0.1, 0.15) is 41.3 Å². The summed E-state index contributed by atoms with van der Waals surface area (Å²) in [6.07, 6.45) is 1.87. The average Bonchev–Trinajstić information content (AvgIpc) is 2.78. The van der Waals surface area contributed by atoms with E-state index in [9.17, 15) is 9.59 Å². The van der Waals surface area contributed by atoms with Gasteiger partial charge in [-0.05, 0) is 59.7 Å². The Hall–Kier alpha value is -3.19. The fraction of sp³-hybridized carbons (Fsp3) is 0.375. The van der Waals surface area contributed by atoms with Gasteiger partial charge in [0.1, 0.15) is 5.84 Å². The Morgan fingerprint density at radius 1 is 1.10 bits per heavy atom. The highest BCUT2D eigenvalue weighted by molar-refractivity contribution is 5.96. The van der Waals surface area contributed by atoms with E-state index >= 15 is 0 Å². The highest BCUT2D eigenvalue weighted by Crippen LogP contribution is 2.25. The summed E-state index contributed by atoms with van der Waals surface area (Å²) >= 11 is 0. The summed E-state index contributed by atoms with van der Waals surface area (Å²) < 4.78 is 10.9. The predicted octanol–water partition coefficient (Wildman–Crippen LogP) is 3.20. The lowest BCUT2D eigenvalue weighted by atomic mass is 9.97. The van der Waals surface area contributed by atoms with E-state index in [0.717, 1.165) is 42.6 Å². The van der Waals surface area contributed by atoms with Crippen molar-refractivity contribution in [1.29, 1.82) is 5.41 Å². The standard InChI is InChI=1S/C24H29N3O4/c1-16(28)27-8-6-17(7-9-27)14-31-15-18-10-21(13-22(11-18)24(29)30-2)19-4-3-5-20(12-19)23(25)26/h3-5,10-13,17H,6-9,14-15H2,1-2H3,(H3,25,26). The van der Waals surface area contributed by atoms with Crippen LogP contribution < -0.4 is 5.73 Å². The van der Waals surface area contributed by atoms with Crippen molar-refractivity contribution in [3.63, 3.8) is 0 Å². The number of hydrogen-bond donors (Lipinski definition) is 2. The molecule has 0 aromatic heterocycles. The van der Waals surface area contributed by atoms with Gasteiger partial charge in [0.15, 0.2) is 0 Å². The van der Waals surface area contributed by atoms with Crippen molar-refractivity contribution in [2.24, 2.45) is 11.7 Å². The van der Waals surface area contributed by atoms with Crippen LogP contribution in [0.3, 0.4) is 0 Å². The zero-order chi connectivity index (χ0) is 22.4. The molecule has 0 radical (unpaired) electrons. The summed E-state index contributed by atoms with van der Waals surface area (Å²) in [4.78, 5) is 25.5. The van der Waals surface area contributed by atoms with Gasteiger partial charge in [0.2, 0.25) is 5.91 Å². The molecule has 2 aromatic carbocycles. The van der Waals surface area contributed by atoms with Crippen LogP contribution in [0, 0.1) is 11.3 Å². The molecule has 1 aliphatic rings. The van der Waals surface area contributed by atoms with Crippen LogP contribution in [0.5, 0.6) is 0 Å².